The van der Waals surface area contributed by atoms with E-state index in [1.54, 1.807) is 18.2 Å². The Hall–Kier alpha value is -2.50. The molecule has 12 heteroatoms. The number of fused-ring (bicyclic) bond motifs is 1. The third kappa shape index (κ3) is 7.77. The predicted octanol–water partition coefficient (Wildman–Crippen LogP) is 6.51. The molecule has 210 valence electrons. The molecule has 0 radical (unpaired) electrons. The second kappa shape index (κ2) is 11.7. The lowest BCUT2D eigenvalue weighted by atomic mass is 9.97. The summed E-state index contributed by atoms with van der Waals surface area (Å²) in [5.74, 6) is -1.25. The molecule has 2 atom stereocenters. The Morgan fingerprint density at radius 1 is 0.974 bits per heavy atom. The van der Waals surface area contributed by atoms with Crippen molar-refractivity contribution >= 4 is 23.1 Å². The van der Waals surface area contributed by atoms with Gasteiger partial charge in [0.15, 0.2) is 5.79 Å². The van der Waals surface area contributed by atoms with Gasteiger partial charge in [0.2, 0.25) is 0 Å². The van der Waals surface area contributed by atoms with Crippen molar-refractivity contribution < 1.29 is 26.3 Å². The van der Waals surface area contributed by atoms with Crippen LogP contribution in [0.3, 0.4) is 0 Å². The molecule has 38 heavy (non-hydrogen) atoms. The highest BCUT2D eigenvalue weighted by Gasteiger charge is 2.39. The van der Waals surface area contributed by atoms with Crippen LogP contribution < -0.4 is 16.4 Å². The van der Waals surface area contributed by atoms with Gasteiger partial charge in [-0.15, -0.1) is 0 Å². The highest BCUT2D eigenvalue weighted by Crippen LogP contribution is 2.37. The summed E-state index contributed by atoms with van der Waals surface area (Å²) in [6.07, 6.45) is -8.64. The maximum atomic E-state index is 13.4. The molecule has 3 rings (SSSR count). The molecule has 0 bridgehead atoms. The Kier molecular flexibility index (Phi) is 9.26. The fraction of sp³-hybridized carbons (Fsp3) is 0.500. The number of hydrogen-bond acceptors (Lipinski definition) is 4. The molecular formula is C26H32ClF6N5. The summed E-state index contributed by atoms with van der Waals surface area (Å²) in [5, 5.41) is 6.39. The lowest BCUT2D eigenvalue weighted by Gasteiger charge is -2.39. The van der Waals surface area contributed by atoms with Crippen molar-refractivity contribution in [3.8, 4) is 0 Å². The third-order valence-corrected chi connectivity index (χ3v) is 6.64. The largest absolute Gasteiger partial charge is 0.416 e. The zero-order valence-electron chi connectivity index (χ0n) is 21.4. The van der Waals surface area contributed by atoms with Crippen LogP contribution in [0.2, 0.25) is 5.02 Å². The van der Waals surface area contributed by atoms with Gasteiger partial charge in [0, 0.05) is 28.7 Å². The van der Waals surface area contributed by atoms with Gasteiger partial charge in [0.25, 0.3) is 0 Å². The fourth-order valence-corrected chi connectivity index (χ4v) is 4.62. The van der Waals surface area contributed by atoms with Crippen LogP contribution in [0.1, 0.15) is 55.9 Å². The van der Waals surface area contributed by atoms with Gasteiger partial charge in [-0.25, -0.2) is 0 Å². The van der Waals surface area contributed by atoms with Crippen LogP contribution in [0.5, 0.6) is 0 Å². The Balaban J connectivity index is 1.93. The highest BCUT2D eigenvalue weighted by molar-refractivity contribution is 6.31. The number of alkyl halides is 6. The molecule has 5 nitrogen and oxygen atoms in total. The lowest BCUT2D eigenvalue weighted by Crippen LogP contribution is -2.65. The quantitative estimate of drug-likeness (QED) is 0.305. The van der Waals surface area contributed by atoms with Crippen LogP contribution in [-0.4, -0.2) is 42.2 Å². The van der Waals surface area contributed by atoms with Crippen LogP contribution in [0, 0.1) is 0 Å². The van der Waals surface area contributed by atoms with Gasteiger partial charge < -0.3 is 15.5 Å². The number of nitrogens with one attached hydrogen (secondary N) is 2. The molecule has 0 saturated heterocycles. The van der Waals surface area contributed by atoms with Crippen LogP contribution >= 0.6 is 11.6 Å². The summed E-state index contributed by atoms with van der Waals surface area (Å²) in [7, 11) is 0. The molecule has 0 fully saturated rings. The van der Waals surface area contributed by atoms with Crippen molar-refractivity contribution in [1.82, 2.24) is 10.2 Å². The van der Waals surface area contributed by atoms with E-state index in [2.05, 4.69) is 29.4 Å². The minimum absolute atomic E-state index is 0.0935. The van der Waals surface area contributed by atoms with Crippen molar-refractivity contribution in [2.45, 2.75) is 64.2 Å². The van der Waals surface area contributed by atoms with Gasteiger partial charge in [-0.05, 0) is 81.4 Å². The standard InChI is InChI=1S/C26H32ClF6N5/c1-4-38(5-2)10-6-7-16(3)35-23-21-9-8-20(27)14-22(21)36-24(34,37-23)15-17-11-18(25(28,29)30)13-19(12-17)26(31,32)33/h8-9,11-14,16,36H,4-7,10,15,34H2,1-3H3,(H,35,37). The first-order chi connectivity index (χ1) is 17.6. The molecule has 1 heterocycles. The number of nitrogens with two attached hydrogens (primary N) is 1. The smallest absolute Gasteiger partial charge is 0.350 e. The molecule has 2 unspecified atom stereocenters. The number of aliphatic imine (C=N–C) groups is 1. The molecule has 4 N–H and O–H groups in total. The lowest BCUT2D eigenvalue weighted by molar-refractivity contribution is -0.143. The first kappa shape index (κ1) is 30.0. The van der Waals surface area contributed by atoms with Crippen molar-refractivity contribution in [1.29, 1.82) is 0 Å². The Labute approximate surface area is 223 Å². The highest BCUT2D eigenvalue weighted by atomic mass is 35.5. The van der Waals surface area contributed by atoms with Crippen LogP contribution in [0.25, 0.3) is 0 Å². The Morgan fingerprint density at radius 2 is 1.58 bits per heavy atom. The molecular weight excluding hydrogens is 532 g/mol. The van der Waals surface area contributed by atoms with Crippen molar-refractivity contribution in [3.05, 3.63) is 63.7 Å². The van der Waals surface area contributed by atoms with E-state index in [-0.39, 0.29) is 17.7 Å². The molecule has 0 aliphatic carbocycles. The monoisotopic (exact) mass is 563 g/mol. The average Bonchev–Trinajstić information content (AvgIpc) is 2.80. The molecule has 1 aliphatic rings. The summed E-state index contributed by atoms with van der Waals surface area (Å²) >= 11 is 6.16. The summed E-state index contributed by atoms with van der Waals surface area (Å²) in [6.45, 7) is 8.94. The van der Waals surface area contributed by atoms with Gasteiger partial charge >= 0.3 is 12.4 Å². The molecule has 2 aromatic rings. The van der Waals surface area contributed by atoms with E-state index in [1.165, 1.54) is 0 Å². The Bertz CT molecular complexity index is 1110. The number of halogens is 7. The predicted molar refractivity (Wildman–Crippen MR) is 138 cm³/mol. The van der Waals surface area contributed by atoms with Gasteiger partial charge in [0.05, 0.1) is 11.1 Å². The fourth-order valence-electron chi connectivity index (χ4n) is 4.45. The molecule has 1 aliphatic heterocycles. The van der Waals surface area contributed by atoms with E-state index in [1.807, 2.05) is 6.92 Å². The second-order valence-corrected chi connectivity index (χ2v) is 9.93. The number of rotatable bonds is 9. The van der Waals surface area contributed by atoms with Crippen LogP contribution in [0.15, 0.2) is 41.4 Å². The molecule has 0 amide bonds. The number of benzene rings is 2. The van der Waals surface area contributed by atoms with Crippen LogP contribution in [-0.2, 0) is 18.8 Å². The summed E-state index contributed by atoms with van der Waals surface area (Å²) < 4.78 is 80.3. The molecule has 0 saturated carbocycles. The topological polar surface area (TPSA) is 65.7 Å². The number of hydrogen-bond donors (Lipinski definition) is 3. The zero-order valence-corrected chi connectivity index (χ0v) is 22.2. The van der Waals surface area contributed by atoms with Crippen molar-refractivity contribution in [3.63, 3.8) is 0 Å². The summed E-state index contributed by atoms with van der Waals surface area (Å²) in [4.78, 5) is 7.07. The first-order valence-corrected chi connectivity index (χ1v) is 12.7. The molecule has 0 aromatic heterocycles. The maximum absolute atomic E-state index is 13.4. The van der Waals surface area contributed by atoms with E-state index in [0.29, 0.717) is 34.2 Å². The van der Waals surface area contributed by atoms with Crippen LogP contribution in [0.4, 0.5) is 32.0 Å². The normalized spacial score (nSPS) is 19.7. The number of anilines is 1. The molecule has 2 aromatic carbocycles. The van der Waals surface area contributed by atoms with E-state index in [9.17, 15) is 26.3 Å². The van der Waals surface area contributed by atoms with Crippen molar-refractivity contribution in [2.24, 2.45) is 10.7 Å². The third-order valence-electron chi connectivity index (χ3n) is 6.41. The van der Waals surface area contributed by atoms with E-state index >= 15 is 0 Å². The SMILES string of the molecule is CCN(CC)CCCC(C)N=C1NC(N)(Cc2cc(C(F)(F)F)cc(C(F)(F)F)c2)Nc2cc(Cl)ccc21. The van der Waals surface area contributed by atoms with E-state index in [4.69, 9.17) is 22.3 Å². The number of nitrogens with zero attached hydrogens (tertiary/aromatic N) is 2. The van der Waals surface area contributed by atoms with E-state index < -0.39 is 35.7 Å². The minimum Gasteiger partial charge on any atom is -0.350 e. The van der Waals surface area contributed by atoms with Gasteiger partial charge in [-0.2, -0.15) is 26.3 Å². The summed E-state index contributed by atoms with van der Waals surface area (Å²) in [5.41, 5.74) is 4.57. The second-order valence-electron chi connectivity index (χ2n) is 9.50. The molecule has 0 spiro atoms. The maximum Gasteiger partial charge on any atom is 0.416 e. The van der Waals surface area contributed by atoms with E-state index in [0.717, 1.165) is 32.5 Å². The van der Waals surface area contributed by atoms with Crippen molar-refractivity contribution in [2.75, 3.05) is 25.0 Å². The first-order valence-electron chi connectivity index (χ1n) is 12.4. The minimum atomic E-state index is -4.96. The van der Waals surface area contributed by atoms with Gasteiger partial charge in [-0.1, -0.05) is 25.4 Å². The summed E-state index contributed by atoms with van der Waals surface area (Å²) in [6, 6.07) is 6.30. The van der Waals surface area contributed by atoms with Gasteiger partial charge in [0.1, 0.15) is 5.84 Å². The average molecular weight is 564 g/mol. The number of amidine groups is 1. The Morgan fingerprint density at radius 3 is 2.13 bits per heavy atom. The zero-order chi connectivity index (χ0) is 28.3. The van der Waals surface area contributed by atoms with Gasteiger partial charge in [-0.3, -0.25) is 10.7 Å².